The van der Waals surface area contributed by atoms with Crippen molar-refractivity contribution in [3.8, 4) is 11.5 Å². The highest BCUT2D eigenvalue weighted by Gasteiger charge is 2.16. The molecule has 1 aliphatic rings. The summed E-state index contributed by atoms with van der Waals surface area (Å²) >= 11 is 13.6. The Hall–Kier alpha value is -1.56. The van der Waals surface area contributed by atoms with Crippen LogP contribution in [0.25, 0.3) is 0 Å². The van der Waals surface area contributed by atoms with Gasteiger partial charge < -0.3 is 14.8 Å². The quantitative estimate of drug-likeness (QED) is 0.746. The first-order valence-corrected chi connectivity index (χ1v) is 9.13. The van der Waals surface area contributed by atoms with Crippen molar-refractivity contribution in [3.63, 3.8) is 0 Å². The van der Waals surface area contributed by atoms with E-state index in [2.05, 4.69) is 5.32 Å². The van der Waals surface area contributed by atoms with Gasteiger partial charge in [0.1, 0.15) is 13.2 Å². The molecule has 0 saturated carbocycles. The molecule has 0 aliphatic carbocycles. The van der Waals surface area contributed by atoms with Crippen molar-refractivity contribution < 1.29 is 14.3 Å². The van der Waals surface area contributed by atoms with Gasteiger partial charge in [-0.05, 0) is 24.3 Å². The van der Waals surface area contributed by atoms with Crippen LogP contribution in [0.3, 0.4) is 0 Å². The van der Waals surface area contributed by atoms with Gasteiger partial charge in [-0.15, -0.1) is 11.8 Å². The van der Waals surface area contributed by atoms with E-state index in [0.717, 1.165) is 4.90 Å². The maximum absolute atomic E-state index is 12.1. The van der Waals surface area contributed by atoms with Crippen LogP contribution in [-0.2, 0) is 4.79 Å². The topological polar surface area (TPSA) is 47.6 Å². The van der Waals surface area contributed by atoms with Gasteiger partial charge in [0.2, 0.25) is 5.91 Å². The minimum absolute atomic E-state index is 0.102. The predicted octanol–water partition coefficient (Wildman–Crippen LogP) is 4.89. The molecule has 0 spiro atoms. The Bertz CT molecular complexity index is 737. The van der Waals surface area contributed by atoms with E-state index in [1.807, 2.05) is 24.3 Å². The van der Waals surface area contributed by atoms with E-state index in [4.69, 9.17) is 32.7 Å². The molecule has 0 bridgehead atoms. The molecule has 2 aromatic carbocycles. The number of nitrogens with one attached hydrogen (secondary N) is 1. The smallest absolute Gasteiger partial charge is 0.225 e. The number of anilines is 1. The summed E-state index contributed by atoms with van der Waals surface area (Å²) in [5, 5.41) is 3.94. The maximum atomic E-state index is 12.1. The molecule has 0 unspecified atom stereocenters. The van der Waals surface area contributed by atoms with Crippen molar-refractivity contribution in [3.05, 3.63) is 46.4 Å². The number of rotatable bonds is 5. The molecule has 3 rings (SSSR count). The lowest BCUT2D eigenvalue weighted by Crippen LogP contribution is -2.17. The zero-order chi connectivity index (χ0) is 16.9. The summed E-state index contributed by atoms with van der Waals surface area (Å²) in [6, 6.07) is 10.9. The van der Waals surface area contributed by atoms with Crippen molar-refractivity contribution in [1.82, 2.24) is 0 Å². The molecule has 1 aliphatic heterocycles. The predicted molar refractivity (Wildman–Crippen MR) is 97.9 cm³/mol. The van der Waals surface area contributed by atoms with Crippen LogP contribution in [0, 0.1) is 0 Å². The highest BCUT2D eigenvalue weighted by Crippen LogP contribution is 2.38. The zero-order valence-corrected chi connectivity index (χ0v) is 15.0. The Morgan fingerprint density at radius 3 is 2.46 bits per heavy atom. The molecule has 4 nitrogen and oxygen atoms in total. The molecule has 0 fully saturated rings. The number of ether oxygens (including phenoxy) is 2. The van der Waals surface area contributed by atoms with Crippen molar-refractivity contribution in [2.45, 2.75) is 11.3 Å². The fourth-order valence-corrected chi connectivity index (χ4v) is 3.34. The number of thioether (sulfide) groups is 1. The Morgan fingerprint density at radius 2 is 1.75 bits per heavy atom. The molecule has 1 amide bonds. The molecule has 0 atom stereocenters. The second kappa shape index (κ2) is 8.01. The molecule has 1 N–H and O–H groups in total. The Balaban J connectivity index is 1.54. The Labute approximate surface area is 154 Å². The second-order valence-corrected chi connectivity index (χ2v) is 7.09. The van der Waals surface area contributed by atoms with Crippen LogP contribution in [0.5, 0.6) is 11.5 Å². The number of hydrogen-bond acceptors (Lipinski definition) is 4. The highest BCUT2D eigenvalue weighted by molar-refractivity contribution is 7.99. The summed E-state index contributed by atoms with van der Waals surface area (Å²) in [4.78, 5) is 13.2. The molecule has 24 heavy (non-hydrogen) atoms. The SMILES string of the molecule is O=C(CCSc1ccc(Cl)cc1)Nc1cc2c(cc1Cl)OCCO2. The first kappa shape index (κ1) is 17.3. The highest BCUT2D eigenvalue weighted by atomic mass is 35.5. The zero-order valence-electron chi connectivity index (χ0n) is 12.7. The Morgan fingerprint density at radius 1 is 1.08 bits per heavy atom. The third-order valence-corrected chi connectivity index (χ3v) is 4.90. The lowest BCUT2D eigenvalue weighted by atomic mass is 10.2. The Kier molecular flexibility index (Phi) is 5.76. The molecule has 1 heterocycles. The third kappa shape index (κ3) is 4.50. The van der Waals surface area contributed by atoms with Crippen LogP contribution >= 0.6 is 35.0 Å². The van der Waals surface area contributed by atoms with Gasteiger partial charge in [0, 0.05) is 34.2 Å². The third-order valence-electron chi connectivity index (χ3n) is 3.32. The van der Waals surface area contributed by atoms with Crippen LogP contribution in [0.1, 0.15) is 6.42 Å². The first-order valence-electron chi connectivity index (χ1n) is 7.39. The van der Waals surface area contributed by atoms with E-state index in [9.17, 15) is 4.79 Å². The summed E-state index contributed by atoms with van der Waals surface area (Å²) in [6.45, 7) is 0.983. The number of fused-ring (bicyclic) bond motifs is 1. The number of carbonyl (C=O) groups excluding carboxylic acids is 1. The van der Waals surface area contributed by atoms with Gasteiger partial charge in [-0.3, -0.25) is 4.79 Å². The summed E-state index contributed by atoms with van der Waals surface area (Å²) in [7, 11) is 0. The van der Waals surface area contributed by atoms with Gasteiger partial charge in [0.25, 0.3) is 0 Å². The lowest BCUT2D eigenvalue weighted by molar-refractivity contribution is -0.115. The molecular formula is C17H15Cl2NO3S. The van der Waals surface area contributed by atoms with Crippen LogP contribution in [0.15, 0.2) is 41.3 Å². The van der Waals surface area contributed by atoms with Crippen LogP contribution in [-0.4, -0.2) is 24.9 Å². The first-order chi connectivity index (χ1) is 11.6. The van der Waals surface area contributed by atoms with Crippen LogP contribution in [0.4, 0.5) is 5.69 Å². The van der Waals surface area contributed by atoms with Gasteiger partial charge in [0.05, 0.1) is 10.7 Å². The average Bonchev–Trinajstić information content (AvgIpc) is 2.57. The molecule has 126 valence electrons. The van der Waals surface area contributed by atoms with Gasteiger partial charge in [0.15, 0.2) is 11.5 Å². The maximum Gasteiger partial charge on any atom is 0.225 e. The van der Waals surface area contributed by atoms with Gasteiger partial charge >= 0.3 is 0 Å². The van der Waals surface area contributed by atoms with Crippen molar-refractivity contribution in [2.75, 3.05) is 24.3 Å². The van der Waals surface area contributed by atoms with E-state index in [1.54, 1.807) is 23.9 Å². The molecular weight excluding hydrogens is 369 g/mol. The summed E-state index contributed by atoms with van der Waals surface area (Å²) < 4.78 is 11.0. The number of halogens is 2. The van der Waals surface area contributed by atoms with Crippen LogP contribution < -0.4 is 14.8 Å². The number of amides is 1. The number of benzene rings is 2. The van der Waals surface area contributed by atoms with Gasteiger partial charge in [-0.2, -0.15) is 0 Å². The molecule has 7 heteroatoms. The molecule has 0 aromatic heterocycles. The summed E-state index contributed by atoms with van der Waals surface area (Å²) in [5.74, 6) is 1.75. The van der Waals surface area contributed by atoms with E-state index >= 15 is 0 Å². The standard InChI is InChI=1S/C17H15Cl2NO3S/c18-11-1-3-12(4-2-11)24-8-5-17(21)20-14-10-16-15(9-13(14)19)22-6-7-23-16/h1-4,9-10H,5-8H2,(H,20,21). The summed E-state index contributed by atoms with van der Waals surface area (Å²) in [6.07, 6.45) is 0.373. The minimum Gasteiger partial charge on any atom is -0.486 e. The van der Waals surface area contributed by atoms with Crippen LogP contribution in [0.2, 0.25) is 10.0 Å². The minimum atomic E-state index is -0.102. The second-order valence-electron chi connectivity index (χ2n) is 5.08. The fourth-order valence-electron chi connectivity index (χ4n) is 2.16. The largest absolute Gasteiger partial charge is 0.486 e. The van der Waals surface area contributed by atoms with Crippen molar-refractivity contribution >= 4 is 46.6 Å². The lowest BCUT2D eigenvalue weighted by Gasteiger charge is -2.20. The van der Waals surface area contributed by atoms with E-state index in [1.165, 1.54) is 0 Å². The number of hydrogen-bond donors (Lipinski definition) is 1. The van der Waals surface area contributed by atoms with Gasteiger partial charge in [-0.25, -0.2) is 0 Å². The van der Waals surface area contributed by atoms with Crippen molar-refractivity contribution in [2.24, 2.45) is 0 Å². The number of carbonyl (C=O) groups is 1. The normalized spacial score (nSPS) is 12.8. The molecule has 0 radical (unpaired) electrons. The monoisotopic (exact) mass is 383 g/mol. The molecule has 0 saturated heterocycles. The summed E-state index contributed by atoms with van der Waals surface area (Å²) in [5.41, 5.74) is 0.530. The fraction of sp³-hybridized carbons (Fsp3) is 0.235. The molecule has 2 aromatic rings. The van der Waals surface area contributed by atoms with E-state index < -0.39 is 0 Å². The van der Waals surface area contributed by atoms with E-state index in [-0.39, 0.29) is 5.91 Å². The average molecular weight is 384 g/mol. The van der Waals surface area contributed by atoms with Crippen molar-refractivity contribution in [1.29, 1.82) is 0 Å². The van der Waals surface area contributed by atoms with Gasteiger partial charge in [-0.1, -0.05) is 23.2 Å². The van der Waals surface area contributed by atoms with E-state index in [0.29, 0.717) is 52.6 Å².